The molecule has 5 nitrogen and oxygen atoms in total. The minimum Gasteiger partial charge on any atom is -0.459 e. The molecular weight excluding hydrogens is 353 g/mol. The second-order valence-electron chi connectivity index (χ2n) is 6.75. The Balaban J connectivity index is 1.71. The molecule has 1 aromatic carbocycles. The van der Waals surface area contributed by atoms with Crippen LogP contribution in [0, 0.1) is 11.7 Å². The van der Waals surface area contributed by atoms with Gasteiger partial charge in [-0.25, -0.2) is 4.39 Å². The minimum atomic E-state index is -0.636. The summed E-state index contributed by atoms with van der Waals surface area (Å²) in [6.45, 7) is 0. The SMILES string of the molecule is NC1=NC2(c3cc(NC(=O)c4ccco4)ccc3F)CCCCC2CS1. The van der Waals surface area contributed by atoms with Crippen molar-refractivity contribution in [3.63, 3.8) is 0 Å². The maximum absolute atomic E-state index is 14.8. The number of amidine groups is 1. The first kappa shape index (κ1) is 17.1. The van der Waals surface area contributed by atoms with Crippen molar-refractivity contribution in [1.29, 1.82) is 0 Å². The van der Waals surface area contributed by atoms with E-state index in [1.807, 2.05) is 0 Å². The normalized spacial score (nSPS) is 25.3. The highest BCUT2D eigenvalue weighted by Gasteiger charge is 2.46. The van der Waals surface area contributed by atoms with Crippen LogP contribution in [0.3, 0.4) is 0 Å². The number of fused-ring (bicyclic) bond motifs is 1. The number of benzene rings is 1. The van der Waals surface area contributed by atoms with E-state index in [-0.39, 0.29) is 23.4 Å². The molecule has 1 aliphatic heterocycles. The lowest BCUT2D eigenvalue weighted by atomic mass is 9.69. The van der Waals surface area contributed by atoms with Gasteiger partial charge in [0.2, 0.25) is 0 Å². The summed E-state index contributed by atoms with van der Waals surface area (Å²) in [5, 5.41) is 3.28. The maximum atomic E-state index is 14.8. The molecule has 2 atom stereocenters. The number of furan rings is 1. The zero-order valence-corrected chi connectivity index (χ0v) is 15.0. The summed E-state index contributed by atoms with van der Waals surface area (Å²) in [7, 11) is 0. The smallest absolute Gasteiger partial charge is 0.291 e. The maximum Gasteiger partial charge on any atom is 0.291 e. The van der Waals surface area contributed by atoms with Gasteiger partial charge >= 0.3 is 0 Å². The number of hydrogen-bond acceptors (Lipinski definition) is 5. The topological polar surface area (TPSA) is 80.6 Å². The standard InChI is InChI=1S/C19H20FN3O2S/c20-15-7-6-13(22-17(24)16-5-3-9-25-16)10-14(15)19-8-2-1-4-12(19)11-26-18(21)23-19/h3,5-7,9-10,12H,1-2,4,8,11H2,(H2,21,23)(H,22,24). The second-order valence-corrected chi connectivity index (χ2v) is 7.79. The van der Waals surface area contributed by atoms with Crippen LogP contribution in [-0.2, 0) is 5.54 Å². The number of nitrogens with two attached hydrogens (primary N) is 1. The molecule has 2 heterocycles. The molecule has 2 unspecified atom stereocenters. The third-order valence-corrected chi connectivity index (χ3v) is 6.17. The second kappa shape index (κ2) is 6.79. The molecule has 0 saturated heterocycles. The van der Waals surface area contributed by atoms with Crippen molar-refractivity contribution in [1.82, 2.24) is 0 Å². The van der Waals surface area contributed by atoms with Crippen molar-refractivity contribution in [3.05, 3.63) is 53.7 Å². The average Bonchev–Trinajstić information content (AvgIpc) is 3.18. The van der Waals surface area contributed by atoms with E-state index in [1.165, 1.54) is 24.1 Å². The Labute approximate surface area is 155 Å². The molecule has 3 N–H and O–H groups in total. The summed E-state index contributed by atoms with van der Waals surface area (Å²) in [5.41, 5.74) is 6.41. The van der Waals surface area contributed by atoms with Gasteiger partial charge in [0, 0.05) is 17.0 Å². The van der Waals surface area contributed by atoms with Gasteiger partial charge in [-0.05, 0) is 49.1 Å². The number of halogens is 1. The number of carbonyl (C=O) groups excluding carboxylic acids is 1. The van der Waals surface area contributed by atoms with Crippen molar-refractivity contribution in [2.24, 2.45) is 16.6 Å². The van der Waals surface area contributed by atoms with Gasteiger partial charge in [-0.2, -0.15) is 0 Å². The number of thioether (sulfide) groups is 1. The zero-order chi connectivity index (χ0) is 18.1. The number of anilines is 1. The fourth-order valence-corrected chi connectivity index (χ4v) is 5.00. The summed E-state index contributed by atoms with van der Waals surface area (Å²) >= 11 is 1.54. The monoisotopic (exact) mass is 373 g/mol. The highest BCUT2D eigenvalue weighted by molar-refractivity contribution is 8.13. The van der Waals surface area contributed by atoms with Crippen molar-refractivity contribution in [3.8, 4) is 0 Å². The molecule has 7 heteroatoms. The van der Waals surface area contributed by atoms with E-state index in [1.54, 1.807) is 24.3 Å². The van der Waals surface area contributed by atoms with Crippen molar-refractivity contribution in [2.75, 3.05) is 11.1 Å². The van der Waals surface area contributed by atoms with Crippen LogP contribution in [0.15, 0.2) is 46.0 Å². The summed E-state index contributed by atoms with van der Waals surface area (Å²) in [6.07, 6.45) is 5.32. The van der Waals surface area contributed by atoms with E-state index in [9.17, 15) is 9.18 Å². The van der Waals surface area contributed by atoms with Gasteiger partial charge in [0.1, 0.15) is 5.82 Å². The number of carbonyl (C=O) groups is 1. The van der Waals surface area contributed by atoms with Crippen LogP contribution in [0.2, 0.25) is 0 Å². The summed E-state index contributed by atoms with van der Waals surface area (Å²) < 4.78 is 19.9. The van der Waals surface area contributed by atoms with Gasteiger partial charge in [-0.15, -0.1) is 0 Å². The largest absolute Gasteiger partial charge is 0.459 e. The Hall–Kier alpha value is -2.28. The van der Waals surface area contributed by atoms with Crippen LogP contribution < -0.4 is 11.1 Å². The van der Waals surface area contributed by atoms with E-state index < -0.39 is 5.54 Å². The van der Waals surface area contributed by atoms with Crippen molar-refractivity contribution < 1.29 is 13.6 Å². The Morgan fingerprint density at radius 1 is 1.38 bits per heavy atom. The first-order valence-corrected chi connectivity index (χ1v) is 9.70. The Kier molecular flexibility index (Phi) is 4.48. The van der Waals surface area contributed by atoms with E-state index in [0.717, 1.165) is 31.4 Å². The van der Waals surface area contributed by atoms with E-state index in [4.69, 9.17) is 15.1 Å². The van der Waals surface area contributed by atoms with Crippen LogP contribution in [0.25, 0.3) is 0 Å². The molecule has 1 amide bonds. The van der Waals surface area contributed by atoms with Gasteiger partial charge in [0.15, 0.2) is 10.9 Å². The molecule has 1 fully saturated rings. The number of rotatable bonds is 3. The fraction of sp³-hybridized carbons (Fsp3) is 0.368. The molecule has 0 spiro atoms. The van der Waals surface area contributed by atoms with Gasteiger partial charge < -0.3 is 15.5 Å². The molecular formula is C19H20FN3O2S. The molecule has 136 valence electrons. The predicted molar refractivity (Wildman–Crippen MR) is 101 cm³/mol. The lowest BCUT2D eigenvalue weighted by Gasteiger charge is -2.44. The molecule has 2 aliphatic rings. The lowest BCUT2D eigenvalue weighted by molar-refractivity contribution is 0.0996. The van der Waals surface area contributed by atoms with Gasteiger partial charge in [-0.3, -0.25) is 9.79 Å². The Morgan fingerprint density at radius 3 is 3.08 bits per heavy atom. The summed E-state index contributed by atoms with van der Waals surface area (Å²) in [6, 6.07) is 7.87. The number of amides is 1. The predicted octanol–water partition coefficient (Wildman–Crippen LogP) is 4.12. The average molecular weight is 373 g/mol. The van der Waals surface area contributed by atoms with Crippen LogP contribution in [0.5, 0.6) is 0 Å². The van der Waals surface area contributed by atoms with E-state index >= 15 is 0 Å². The van der Waals surface area contributed by atoms with Gasteiger partial charge in [0.05, 0.1) is 11.8 Å². The number of nitrogens with zero attached hydrogens (tertiary/aromatic N) is 1. The Morgan fingerprint density at radius 2 is 2.27 bits per heavy atom. The molecule has 26 heavy (non-hydrogen) atoms. The van der Waals surface area contributed by atoms with Crippen LogP contribution in [-0.4, -0.2) is 16.8 Å². The molecule has 1 aromatic heterocycles. The van der Waals surface area contributed by atoms with Gasteiger partial charge in [0.25, 0.3) is 5.91 Å². The third-order valence-electron chi connectivity index (χ3n) is 5.21. The number of hydrogen-bond donors (Lipinski definition) is 2. The highest BCUT2D eigenvalue weighted by atomic mass is 32.2. The first-order valence-electron chi connectivity index (χ1n) is 8.71. The quantitative estimate of drug-likeness (QED) is 0.848. The molecule has 4 rings (SSSR count). The van der Waals surface area contributed by atoms with Gasteiger partial charge in [-0.1, -0.05) is 24.6 Å². The minimum absolute atomic E-state index is 0.209. The number of nitrogens with one attached hydrogen (secondary N) is 1. The zero-order valence-electron chi connectivity index (χ0n) is 14.2. The van der Waals surface area contributed by atoms with Crippen LogP contribution in [0.1, 0.15) is 41.8 Å². The van der Waals surface area contributed by atoms with E-state index in [0.29, 0.717) is 16.4 Å². The molecule has 0 bridgehead atoms. The molecule has 1 aliphatic carbocycles. The van der Waals surface area contributed by atoms with Crippen LogP contribution >= 0.6 is 11.8 Å². The third kappa shape index (κ3) is 3.00. The Bertz CT molecular complexity index is 852. The first-order chi connectivity index (χ1) is 12.6. The van der Waals surface area contributed by atoms with Crippen LogP contribution in [0.4, 0.5) is 10.1 Å². The van der Waals surface area contributed by atoms with E-state index in [2.05, 4.69) is 5.32 Å². The number of aliphatic imine (C=N–C) groups is 1. The molecule has 2 aromatic rings. The summed E-state index contributed by atoms with van der Waals surface area (Å²) in [5.74, 6) is 0.626. The lowest BCUT2D eigenvalue weighted by Crippen LogP contribution is -2.43. The van der Waals surface area contributed by atoms with Crippen molar-refractivity contribution >= 4 is 28.5 Å². The highest BCUT2D eigenvalue weighted by Crippen LogP contribution is 2.50. The molecule has 0 radical (unpaired) electrons. The molecule has 1 saturated carbocycles. The summed E-state index contributed by atoms with van der Waals surface area (Å²) in [4.78, 5) is 17.0. The fourth-order valence-electron chi connectivity index (χ4n) is 3.96. The van der Waals surface area contributed by atoms with Crippen molar-refractivity contribution in [2.45, 2.75) is 31.2 Å².